The van der Waals surface area contributed by atoms with Gasteiger partial charge in [-0.3, -0.25) is 4.98 Å². The Bertz CT molecular complexity index is 1050. The van der Waals surface area contributed by atoms with Crippen molar-refractivity contribution in [3.63, 3.8) is 0 Å². The largest absolute Gasteiger partial charge is 0.364 e. The second-order valence-corrected chi connectivity index (χ2v) is 7.27. The molecule has 0 aliphatic carbocycles. The zero-order chi connectivity index (χ0) is 17.9. The van der Waals surface area contributed by atoms with E-state index in [9.17, 15) is 0 Å². The van der Waals surface area contributed by atoms with Gasteiger partial charge in [-0.1, -0.05) is 66.2 Å². The number of fused-ring (bicyclic) bond motifs is 1. The smallest absolute Gasteiger partial charge is 0.145 e. The zero-order valence-electron chi connectivity index (χ0n) is 13.8. The maximum absolute atomic E-state index is 6.40. The van der Waals surface area contributed by atoms with E-state index in [0.29, 0.717) is 11.7 Å². The molecule has 0 atom stereocenters. The van der Waals surface area contributed by atoms with Gasteiger partial charge in [0.15, 0.2) is 0 Å². The van der Waals surface area contributed by atoms with Crippen LogP contribution in [-0.4, -0.2) is 9.97 Å². The van der Waals surface area contributed by atoms with Crippen molar-refractivity contribution >= 4 is 50.8 Å². The molecule has 3 nitrogen and oxygen atoms in total. The van der Waals surface area contributed by atoms with Crippen LogP contribution in [0.1, 0.15) is 5.69 Å². The first-order valence-corrected chi connectivity index (χ1v) is 9.66. The lowest BCUT2D eigenvalue weighted by molar-refractivity contribution is 1.03. The number of anilines is 1. The molecule has 128 valence electrons. The quantitative estimate of drug-likeness (QED) is 0.286. The second kappa shape index (κ2) is 7.60. The van der Waals surface area contributed by atoms with E-state index in [-0.39, 0.29) is 0 Å². The highest BCUT2D eigenvalue weighted by Gasteiger charge is 2.15. The molecule has 5 heteroatoms. The molecule has 0 radical (unpaired) electrons. The van der Waals surface area contributed by atoms with Gasteiger partial charge in [0.1, 0.15) is 11.0 Å². The molecule has 0 bridgehead atoms. The van der Waals surface area contributed by atoms with Gasteiger partial charge >= 0.3 is 0 Å². The second-order valence-electron chi connectivity index (χ2n) is 5.83. The Morgan fingerprint density at radius 2 is 1.73 bits per heavy atom. The van der Waals surface area contributed by atoms with Crippen molar-refractivity contribution < 1.29 is 0 Å². The van der Waals surface area contributed by atoms with Gasteiger partial charge in [-0.25, -0.2) is 4.98 Å². The molecule has 2 aromatic heterocycles. The van der Waals surface area contributed by atoms with Crippen molar-refractivity contribution in [2.24, 2.45) is 0 Å². The van der Waals surface area contributed by atoms with Crippen molar-refractivity contribution in [2.75, 3.05) is 5.32 Å². The molecule has 0 aliphatic rings. The molecule has 0 spiro atoms. The SMILES string of the molecule is Clc1nc(NCc2ccccn2)c2c(-c3ccccc3)cccc2c1I. The number of nitrogens with one attached hydrogen (secondary N) is 1. The number of nitrogens with zero attached hydrogens (tertiary/aromatic N) is 2. The lowest BCUT2D eigenvalue weighted by Gasteiger charge is -2.15. The van der Waals surface area contributed by atoms with Crippen LogP contribution >= 0.6 is 34.2 Å². The van der Waals surface area contributed by atoms with Crippen LogP contribution in [-0.2, 0) is 6.54 Å². The number of pyridine rings is 2. The highest BCUT2D eigenvalue weighted by atomic mass is 127. The average molecular weight is 472 g/mol. The lowest BCUT2D eigenvalue weighted by atomic mass is 9.99. The van der Waals surface area contributed by atoms with E-state index in [1.165, 1.54) is 0 Å². The van der Waals surface area contributed by atoms with Gasteiger partial charge in [-0.05, 0) is 45.9 Å². The Labute approximate surface area is 170 Å². The standard InChI is InChI=1S/C21H15ClIN3/c22-20-19(23)17-11-6-10-16(14-7-2-1-3-8-14)18(17)21(26-20)25-13-15-9-4-5-12-24-15/h1-12H,13H2,(H,25,26). The molecule has 0 amide bonds. The number of hydrogen-bond donors (Lipinski definition) is 1. The Balaban J connectivity index is 1.87. The molecule has 4 aromatic rings. The van der Waals surface area contributed by atoms with Gasteiger partial charge in [0.05, 0.1) is 15.8 Å². The molecule has 2 heterocycles. The molecule has 1 N–H and O–H groups in total. The minimum atomic E-state index is 0.506. The van der Waals surface area contributed by atoms with Crippen LogP contribution in [0.5, 0.6) is 0 Å². The number of aromatic nitrogens is 2. The van der Waals surface area contributed by atoms with Crippen molar-refractivity contribution in [3.8, 4) is 11.1 Å². The van der Waals surface area contributed by atoms with Crippen LogP contribution in [0.25, 0.3) is 21.9 Å². The predicted octanol–water partition coefficient (Wildman–Crippen LogP) is 6.17. The van der Waals surface area contributed by atoms with Gasteiger partial charge in [0.25, 0.3) is 0 Å². The van der Waals surface area contributed by atoms with E-state index in [1.807, 2.05) is 36.4 Å². The molecule has 0 aliphatic heterocycles. The highest BCUT2D eigenvalue weighted by Crippen LogP contribution is 2.37. The summed E-state index contributed by atoms with van der Waals surface area (Å²) in [5, 5.41) is 6.09. The molecule has 2 aromatic carbocycles. The molecule has 4 rings (SSSR count). The average Bonchev–Trinajstić information content (AvgIpc) is 2.70. The number of benzene rings is 2. The monoisotopic (exact) mass is 471 g/mol. The first-order valence-electron chi connectivity index (χ1n) is 8.21. The number of hydrogen-bond acceptors (Lipinski definition) is 3. The topological polar surface area (TPSA) is 37.8 Å². The van der Waals surface area contributed by atoms with Crippen molar-refractivity contribution in [1.29, 1.82) is 0 Å². The van der Waals surface area contributed by atoms with Gasteiger partial charge < -0.3 is 5.32 Å². The minimum absolute atomic E-state index is 0.506. The third kappa shape index (κ3) is 3.39. The third-order valence-corrected chi connectivity index (χ3v) is 5.86. The molecule has 0 unspecified atom stereocenters. The Hall–Kier alpha value is -2.18. The van der Waals surface area contributed by atoms with Crippen LogP contribution in [0.4, 0.5) is 5.82 Å². The summed E-state index contributed by atoms with van der Waals surface area (Å²) in [6, 6.07) is 22.5. The molecule has 26 heavy (non-hydrogen) atoms. The normalized spacial score (nSPS) is 10.8. The Kier molecular flexibility index (Phi) is 5.04. The summed E-state index contributed by atoms with van der Waals surface area (Å²) in [6.45, 7) is 0.586. The van der Waals surface area contributed by atoms with Gasteiger partial charge in [-0.2, -0.15) is 0 Å². The molecular formula is C21H15ClIN3. The Morgan fingerprint density at radius 1 is 0.923 bits per heavy atom. The lowest BCUT2D eigenvalue weighted by Crippen LogP contribution is -2.05. The summed E-state index contributed by atoms with van der Waals surface area (Å²) in [4.78, 5) is 8.99. The number of halogens is 2. The van der Waals surface area contributed by atoms with Crippen LogP contribution < -0.4 is 5.32 Å². The van der Waals surface area contributed by atoms with Crippen LogP contribution in [0.15, 0.2) is 72.9 Å². The van der Waals surface area contributed by atoms with E-state index in [2.05, 4.69) is 68.2 Å². The van der Waals surface area contributed by atoms with Crippen molar-refractivity contribution in [2.45, 2.75) is 6.54 Å². The fourth-order valence-electron chi connectivity index (χ4n) is 2.97. The maximum atomic E-state index is 6.40. The van der Waals surface area contributed by atoms with Crippen molar-refractivity contribution in [3.05, 3.63) is 87.3 Å². The summed E-state index contributed by atoms with van der Waals surface area (Å²) < 4.78 is 0.959. The van der Waals surface area contributed by atoms with Crippen LogP contribution in [0, 0.1) is 3.57 Å². The van der Waals surface area contributed by atoms with E-state index < -0.39 is 0 Å². The molecular weight excluding hydrogens is 457 g/mol. The zero-order valence-corrected chi connectivity index (χ0v) is 16.7. The van der Waals surface area contributed by atoms with E-state index >= 15 is 0 Å². The van der Waals surface area contributed by atoms with Gasteiger partial charge in [0.2, 0.25) is 0 Å². The van der Waals surface area contributed by atoms with Gasteiger partial charge in [0, 0.05) is 17.0 Å². The fourth-order valence-corrected chi connectivity index (χ4v) is 3.72. The maximum Gasteiger partial charge on any atom is 0.145 e. The van der Waals surface area contributed by atoms with Crippen LogP contribution in [0.2, 0.25) is 5.15 Å². The summed E-state index contributed by atoms with van der Waals surface area (Å²) in [7, 11) is 0. The third-order valence-electron chi connectivity index (χ3n) is 4.18. The van der Waals surface area contributed by atoms with E-state index in [1.54, 1.807) is 6.20 Å². The summed E-state index contributed by atoms with van der Waals surface area (Å²) in [5.74, 6) is 0.774. The summed E-state index contributed by atoms with van der Waals surface area (Å²) in [6.07, 6.45) is 1.79. The minimum Gasteiger partial charge on any atom is -0.364 e. The summed E-state index contributed by atoms with van der Waals surface area (Å²) >= 11 is 8.66. The summed E-state index contributed by atoms with van der Waals surface area (Å²) in [5.41, 5.74) is 3.24. The molecule has 0 saturated carbocycles. The predicted molar refractivity (Wildman–Crippen MR) is 116 cm³/mol. The van der Waals surface area contributed by atoms with Crippen molar-refractivity contribution in [1.82, 2.24) is 9.97 Å². The van der Waals surface area contributed by atoms with E-state index in [0.717, 1.165) is 37.0 Å². The van der Waals surface area contributed by atoms with E-state index in [4.69, 9.17) is 11.6 Å². The Morgan fingerprint density at radius 3 is 2.50 bits per heavy atom. The number of rotatable bonds is 4. The molecule has 0 fully saturated rings. The van der Waals surface area contributed by atoms with Gasteiger partial charge in [-0.15, -0.1) is 0 Å². The van der Waals surface area contributed by atoms with Crippen LogP contribution in [0.3, 0.4) is 0 Å². The fraction of sp³-hybridized carbons (Fsp3) is 0.0476. The highest BCUT2D eigenvalue weighted by molar-refractivity contribution is 14.1. The first-order chi connectivity index (χ1) is 12.7. The first kappa shape index (κ1) is 17.2. The molecule has 0 saturated heterocycles.